The summed E-state index contributed by atoms with van der Waals surface area (Å²) in [6, 6.07) is 4.84. The molecule has 0 saturated heterocycles. The lowest BCUT2D eigenvalue weighted by atomic mass is 10.1. The number of halogens is 3. The monoisotopic (exact) mass is 312 g/mol. The van der Waals surface area contributed by atoms with E-state index in [4.69, 9.17) is 0 Å². The van der Waals surface area contributed by atoms with E-state index in [1.165, 1.54) is 18.2 Å². The Kier molecular flexibility index (Phi) is 4.85. The Balaban J connectivity index is 1.85. The van der Waals surface area contributed by atoms with Crippen LogP contribution in [0.1, 0.15) is 24.0 Å². The fourth-order valence-electron chi connectivity index (χ4n) is 1.72. The van der Waals surface area contributed by atoms with Gasteiger partial charge in [0.2, 0.25) is 11.8 Å². The maximum atomic E-state index is 12.5. The van der Waals surface area contributed by atoms with Gasteiger partial charge in [0.15, 0.2) is 0 Å². The second-order valence-electron chi connectivity index (χ2n) is 5.02. The van der Waals surface area contributed by atoms with Crippen molar-refractivity contribution in [2.45, 2.75) is 25.1 Å². The molecule has 1 aromatic carbocycles. The fraction of sp³-hybridized carbons (Fsp3) is 0.333. The molecule has 0 spiro atoms. The largest absolute Gasteiger partial charge is 0.416 e. The Morgan fingerprint density at radius 2 is 2.00 bits per heavy atom. The van der Waals surface area contributed by atoms with E-state index in [9.17, 15) is 22.8 Å². The van der Waals surface area contributed by atoms with Crippen LogP contribution in [0.2, 0.25) is 0 Å². The van der Waals surface area contributed by atoms with E-state index in [1.54, 1.807) is 0 Å². The number of hydrogen-bond donors (Lipinski definition) is 2. The van der Waals surface area contributed by atoms with Gasteiger partial charge in [0.05, 0.1) is 12.1 Å². The maximum absolute atomic E-state index is 12.5. The van der Waals surface area contributed by atoms with Crippen LogP contribution in [0.4, 0.5) is 13.2 Å². The number of carbonyl (C=O) groups excluding carboxylic acids is 2. The first-order chi connectivity index (χ1) is 10.3. The molecule has 22 heavy (non-hydrogen) atoms. The molecule has 2 rings (SSSR count). The Morgan fingerprint density at radius 1 is 1.27 bits per heavy atom. The van der Waals surface area contributed by atoms with Crippen LogP contribution < -0.4 is 10.6 Å². The van der Waals surface area contributed by atoms with Gasteiger partial charge in [-0.3, -0.25) is 9.59 Å². The molecule has 7 heteroatoms. The Hall–Kier alpha value is -2.31. The number of alkyl halides is 3. The molecule has 0 unspecified atom stereocenters. The molecule has 1 saturated carbocycles. The number of carbonyl (C=O) groups is 2. The number of nitrogens with one attached hydrogen (secondary N) is 2. The minimum atomic E-state index is -4.42. The molecule has 0 heterocycles. The minimum Gasteiger partial charge on any atom is -0.352 e. The third-order valence-electron chi connectivity index (χ3n) is 3.01. The highest BCUT2D eigenvalue weighted by atomic mass is 19.4. The Bertz CT molecular complexity index is 593. The second kappa shape index (κ2) is 6.64. The van der Waals surface area contributed by atoms with Crippen molar-refractivity contribution in [3.8, 4) is 0 Å². The van der Waals surface area contributed by atoms with E-state index in [1.807, 2.05) is 0 Å². The fourth-order valence-corrected chi connectivity index (χ4v) is 1.72. The summed E-state index contributed by atoms with van der Waals surface area (Å²) in [5.41, 5.74) is -0.522. The van der Waals surface area contributed by atoms with Crippen molar-refractivity contribution in [3.63, 3.8) is 0 Å². The summed E-state index contributed by atoms with van der Waals surface area (Å²) >= 11 is 0. The lowest BCUT2D eigenvalue weighted by Crippen LogP contribution is -2.37. The molecule has 2 N–H and O–H groups in total. The SMILES string of the molecule is O=C(/C=C/c1cccc(C(F)(F)F)c1)NCC(=O)NC1CC1. The first kappa shape index (κ1) is 16.1. The van der Waals surface area contributed by atoms with Gasteiger partial charge in [-0.2, -0.15) is 13.2 Å². The zero-order chi connectivity index (χ0) is 16.2. The van der Waals surface area contributed by atoms with Crippen LogP contribution in [0, 0.1) is 0 Å². The van der Waals surface area contributed by atoms with E-state index in [0.29, 0.717) is 0 Å². The summed E-state index contributed by atoms with van der Waals surface area (Å²) in [5, 5.41) is 5.08. The van der Waals surface area contributed by atoms with Crippen molar-refractivity contribution >= 4 is 17.9 Å². The quantitative estimate of drug-likeness (QED) is 0.818. The molecule has 0 bridgehead atoms. The number of rotatable bonds is 5. The van der Waals surface area contributed by atoms with Gasteiger partial charge < -0.3 is 10.6 Å². The van der Waals surface area contributed by atoms with Crippen LogP contribution in [0.5, 0.6) is 0 Å². The molecular weight excluding hydrogens is 297 g/mol. The summed E-state index contributed by atoms with van der Waals surface area (Å²) < 4.78 is 37.6. The van der Waals surface area contributed by atoms with Gasteiger partial charge in [0.25, 0.3) is 0 Å². The molecule has 1 aliphatic carbocycles. The third kappa shape index (κ3) is 5.23. The van der Waals surface area contributed by atoms with E-state index >= 15 is 0 Å². The van der Waals surface area contributed by atoms with Gasteiger partial charge in [-0.15, -0.1) is 0 Å². The average Bonchev–Trinajstić information content (AvgIpc) is 3.26. The van der Waals surface area contributed by atoms with Crippen molar-refractivity contribution in [1.82, 2.24) is 10.6 Å². The number of benzene rings is 1. The molecule has 0 aromatic heterocycles. The van der Waals surface area contributed by atoms with Crippen LogP contribution in [-0.4, -0.2) is 24.4 Å². The first-order valence-electron chi connectivity index (χ1n) is 6.77. The lowest BCUT2D eigenvalue weighted by Gasteiger charge is -2.06. The average molecular weight is 312 g/mol. The summed E-state index contributed by atoms with van der Waals surface area (Å²) in [6.45, 7) is -0.151. The summed E-state index contributed by atoms with van der Waals surface area (Å²) in [4.78, 5) is 22.9. The van der Waals surface area contributed by atoms with E-state index in [-0.39, 0.29) is 24.1 Å². The molecule has 1 aliphatic rings. The molecular formula is C15H15F3N2O2. The van der Waals surface area contributed by atoms with E-state index < -0.39 is 17.6 Å². The molecule has 4 nitrogen and oxygen atoms in total. The van der Waals surface area contributed by atoms with E-state index in [2.05, 4.69) is 10.6 Å². The van der Waals surface area contributed by atoms with Crippen LogP contribution >= 0.6 is 0 Å². The van der Waals surface area contributed by atoms with Gasteiger partial charge in [-0.05, 0) is 36.6 Å². The highest BCUT2D eigenvalue weighted by Crippen LogP contribution is 2.29. The Labute approximate surface area is 125 Å². The summed E-state index contributed by atoms with van der Waals surface area (Å²) in [5.74, 6) is -0.813. The van der Waals surface area contributed by atoms with Crippen molar-refractivity contribution in [2.75, 3.05) is 6.54 Å². The summed E-state index contributed by atoms with van der Waals surface area (Å²) in [7, 11) is 0. The predicted molar refractivity (Wildman–Crippen MR) is 74.7 cm³/mol. The van der Waals surface area contributed by atoms with Crippen molar-refractivity contribution < 1.29 is 22.8 Å². The topological polar surface area (TPSA) is 58.2 Å². The molecule has 2 amide bonds. The van der Waals surface area contributed by atoms with Crippen LogP contribution in [0.25, 0.3) is 6.08 Å². The zero-order valence-corrected chi connectivity index (χ0v) is 11.6. The van der Waals surface area contributed by atoms with Crippen molar-refractivity contribution in [1.29, 1.82) is 0 Å². The standard InChI is InChI=1S/C15H15F3N2O2/c16-15(17,18)11-3-1-2-10(8-11)4-7-13(21)19-9-14(22)20-12-5-6-12/h1-4,7-8,12H,5-6,9H2,(H,19,21)(H,20,22)/b7-4+. The number of hydrogen-bond acceptors (Lipinski definition) is 2. The smallest absolute Gasteiger partial charge is 0.352 e. The minimum absolute atomic E-state index is 0.151. The van der Waals surface area contributed by atoms with Gasteiger partial charge in [0.1, 0.15) is 0 Å². The van der Waals surface area contributed by atoms with Crippen LogP contribution in [0.15, 0.2) is 30.3 Å². The highest BCUT2D eigenvalue weighted by Gasteiger charge is 2.30. The third-order valence-corrected chi connectivity index (χ3v) is 3.01. The summed E-state index contributed by atoms with van der Waals surface area (Å²) in [6.07, 6.45) is -0.152. The van der Waals surface area contributed by atoms with Gasteiger partial charge in [-0.1, -0.05) is 12.1 Å². The highest BCUT2D eigenvalue weighted by molar-refractivity contribution is 5.94. The molecule has 1 fully saturated rings. The van der Waals surface area contributed by atoms with Gasteiger partial charge >= 0.3 is 6.18 Å². The van der Waals surface area contributed by atoms with Gasteiger partial charge in [-0.25, -0.2) is 0 Å². The Morgan fingerprint density at radius 3 is 2.64 bits per heavy atom. The maximum Gasteiger partial charge on any atom is 0.416 e. The second-order valence-corrected chi connectivity index (χ2v) is 5.02. The molecule has 1 aromatic rings. The van der Waals surface area contributed by atoms with Crippen LogP contribution in [0.3, 0.4) is 0 Å². The van der Waals surface area contributed by atoms with Crippen LogP contribution in [-0.2, 0) is 15.8 Å². The molecule has 0 aliphatic heterocycles. The lowest BCUT2D eigenvalue weighted by molar-refractivity contribution is -0.137. The zero-order valence-electron chi connectivity index (χ0n) is 11.6. The van der Waals surface area contributed by atoms with Crippen molar-refractivity contribution in [3.05, 3.63) is 41.5 Å². The normalized spacial score (nSPS) is 14.9. The number of amides is 2. The predicted octanol–water partition coefficient (Wildman–Crippen LogP) is 2.11. The molecule has 0 atom stereocenters. The first-order valence-corrected chi connectivity index (χ1v) is 6.77. The molecule has 118 valence electrons. The van der Waals surface area contributed by atoms with Crippen molar-refractivity contribution in [2.24, 2.45) is 0 Å². The van der Waals surface area contributed by atoms with E-state index in [0.717, 1.165) is 31.1 Å². The molecule has 0 radical (unpaired) electrons. The van der Waals surface area contributed by atoms with Gasteiger partial charge in [0, 0.05) is 12.1 Å².